The first kappa shape index (κ1) is 13.4. The number of allylic oxidation sites excluding steroid dienone is 4. The van der Waals surface area contributed by atoms with E-state index in [-0.39, 0.29) is 0 Å². The number of halogens is 1. The van der Waals surface area contributed by atoms with E-state index >= 15 is 0 Å². The minimum absolute atomic E-state index is 0.423. The Morgan fingerprint density at radius 1 is 1.42 bits per heavy atom. The molecule has 1 aliphatic carbocycles. The summed E-state index contributed by atoms with van der Waals surface area (Å²) in [6.07, 6.45) is 11.1. The van der Waals surface area contributed by atoms with Crippen LogP contribution in [0.5, 0.6) is 0 Å². The summed E-state index contributed by atoms with van der Waals surface area (Å²) in [5.74, 6) is 0.663. The van der Waals surface area contributed by atoms with E-state index in [1.807, 2.05) is 12.1 Å². The van der Waals surface area contributed by atoms with Crippen molar-refractivity contribution >= 4 is 18.0 Å². The number of hydrogen-bond acceptors (Lipinski definition) is 3. The molecule has 1 aromatic heterocycles. The molecule has 0 spiro atoms. The summed E-state index contributed by atoms with van der Waals surface area (Å²) in [4.78, 5) is 14.4. The van der Waals surface area contributed by atoms with E-state index in [4.69, 9.17) is 16.3 Å². The van der Waals surface area contributed by atoms with Crippen LogP contribution in [-0.2, 0) is 16.1 Å². The highest BCUT2D eigenvalue weighted by Crippen LogP contribution is 2.17. The number of alkyl halides is 1. The first-order valence-corrected chi connectivity index (χ1v) is 6.19. The van der Waals surface area contributed by atoms with Gasteiger partial charge in [-0.25, -0.2) is 0 Å². The number of rotatable bonds is 5. The molecule has 4 nitrogen and oxygen atoms in total. The second-order valence-corrected chi connectivity index (χ2v) is 4.33. The Balaban J connectivity index is 1.99. The number of aromatic nitrogens is 1. The zero-order valence-corrected chi connectivity index (χ0v) is 10.9. The summed E-state index contributed by atoms with van der Waals surface area (Å²) in [5, 5.41) is 2.13. The lowest BCUT2D eigenvalue weighted by Gasteiger charge is -2.10. The molecular weight excluding hydrogens is 264 g/mol. The molecule has 2 rings (SSSR count). The van der Waals surface area contributed by atoms with Crippen LogP contribution in [0.4, 0.5) is 0 Å². The molecule has 1 N–H and O–H groups in total. The van der Waals surface area contributed by atoms with E-state index < -0.39 is 5.38 Å². The second-order valence-electron chi connectivity index (χ2n) is 3.86. The third-order valence-corrected chi connectivity index (χ3v) is 2.89. The predicted octanol–water partition coefficient (Wildman–Crippen LogP) is 2.29. The van der Waals surface area contributed by atoms with Crippen LogP contribution in [0.3, 0.4) is 0 Å². The van der Waals surface area contributed by atoms with Gasteiger partial charge in [0.1, 0.15) is 12.4 Å². The topological polar surface area (TPSA) is 51.2 Å². The maximum atomic E-state index is 10.4. The van der Waals surface area contributed by atoms with E-state index in [0.29, 0.717) is 24.5 Å². The number of carbonyl (C=O) groups excluding carboxylic acids is 1. The standard InChI is InChI=1S/C14H13ClN2O2/c15-13-8-12(2-1-3-14(13)17-10-18)19-9-11-4-6-16-7-5-11/h1-8,10,13H,9H2,(H,17,18). The van der Waals surface area contributed by atoms with Gasteiger partial charge in [0.05, 0.1) is 5.38 Å². The first-order chi connectivity index (χ1) is 9.29. The molecule has 0 aromatic carbocycles. The van der Waals surface area contributed by atoms with Crippen molar-refractivity contribution in [3.05, 3.63) is 65.9 Å². The summed E-state index contributed by atoms with van der Waals surface area (Å²) >= 11 is 6.15. The first-order valence-electron chi connectivity index (χ1n) is 5.75. The van der Waals surface area contributed by atoms with Crippen LogP contribution in [0, 0.1) is 0 Å². The number of carbonyl (C=O) groups is 1. The van der Waals surface area contributed by atoms with Crippen molar-refractivity contribution in [2.45, 2.75) is 12.0 Å². The van der Waals surface area contributed by atoms with Gasteiger partial charge in [-0.3, -0.25) is 9.78 Å². The molecule has 1 amide bonds. The Kier molecular flexibility index (Phi) is 4.75. The third-order valence-electron chi connectivity index (χ3n) is 2.52. The van der Waals surface area contributed by atoms with Crippen LogP contribution in [0.1, 0.15) is 5.56 Å². The Morgan fingerprint density at radius 3 is 2.95 bits per heavy atom. The van der Waals surface area contributed by atoms with Crippen molar-refractivity contribution in [3.8, 4) is 0 Å². The summed E-state index contributed by atoms with van der Waals surface area (Å²) < 4.78 is 5.66. The smallest absolute Gasteiger partial charge is 0.211 e. The van der Waals surface area contributed by atoms with E-state index in [1.165, 1.54) is 0 Å². The van der Waals surface area contributed by atoms with Crippen molar-refractivity contribution in [2.75, 3.05) is 0 Å². The lowest BCUT2D eigenvalue weighted by atomic mass is 10.3. The summed E-state index contributed by atoms with van der Waals surface area (Å²) in [6, 6.07) is 3.77. The second kappa shape index (κ2) is 6.75. The van der Waals surface area contributed by atoms with E-state index in [2.05, 4.69) is 10.3 Å². The highest BCUT2D eigenvalue weighted by atomic mass is 35.5. The summed E-state index contributed by atoms with van der Waals surface area (Å²) in [7, 11) is 0. The largest absolute Gasteiger partial charge is 0.489 e. The Labute approximate surface area is 116 Å². The van der Waals surface area contributed by atoms with Crippen molar-refractivity contribution in [2.24, 2.45) is 0 Å². The molecule has 19 heavy (non-hydrogen) atoms. The molecular formula is C14H13ClN2O2. The molecule has 0 fully saturated rings. The lowest BCUT2D eigenvalue weighted by Crippen LogP contribution is -2.17. The molecule has 1 unspecified atom stereocenters. The number of nitrogens with one attached hydrogen (secondary N) is 1. The normalized spacial score (nSPS) is 18.1. The molecule has 1 aromatic rings. The maximum absolute atomic E-state index is 10.4. The molecule has 0 aliphatic heterocycles. The Hall–Kier alpha value is -2.07. The van der Waals surface area contributed by atoms with Gasteiger partial charge < -0.3 is 10.1 Å². The minimum atomic E-state index is -0.423. The Morgan fingerprint density at radius 2 is 2.21 bits per heavy atom. The highest BCUT2D eigenvalue weighted by molar-refractivity contribution is 6.23. The van der Waals surface area contributed by atoms with Gasteiger partial charge in [-0.1, -0.05) is 6.08 Å². The zero-order valence-electron chi connectivity index (χ0n) is 10.1. The minimum Gasteiger partial charge on any atom is -0.489 e. The van der Waals surface area contributed by atoms with Crippen molar-refractivity contribution in [1.82, 2.24) is 10.3 Å². The van der Waals surface area contributed by atoms with Crippen LogP contribution < -0.4 is 5.32 Å². The van der Waals surface area contributed by atoms with E-state index in [0.717, 1.165) is 5.56 Å². The van der Waals surface area contributed by atoms with Crippen LogP contribution >= 0.6 is 11.6 Å². The van der Waals surface area contributed by atoms with Crippen LogP contribution in [-0.4, -0.2) is 16.8 Å². The van der Waals surface area contributed by atoms with Crippen molar-refractivity contribution < 1.29 is 9.53 Å². The van der Waals surface area contributed by atoms with Crippen LogP contribution in [0.15, 0.2) is 60.3 Å². The molecule has 98 valence electrons. The number of ether oxygens (including phenoxy) is 1. The lowest BCUT2D eigenvalue weighted by molar-refractivity contribution is -0.108. The van der Waals surface area contributed by atoms with Gasteiger partial charge in [-0.05, 0) is 35.9 Å². The molecule has 1 heterocycles. The fourth-order valence-electron chi connectivity index (χ4n) is 1.57. The van der Waals surface area contributed by atoms with Crippen LogP contribution in [0.25, 0.3) is 0 Å². The summed E-state index contributed by atoms with van der Waals surface area (Å²) in [6.45, 7) is 0.443. The number of pyridine rings is 1. The van der Waals surface area contributed by atoms with Gasteiger partial charge in [-0.2, -0.15) is 0 Å². The maximum Gasteiger partial charge on any atom is 0.211 e. The highest BCUT2D eigenvalue weighted by Gasteiger charge is 2.11. The van der Waals surface area contributed by atoms with E-state index in [1.54, 1.807) is 36.7 Å². The molecule has 0 saturated carbocycles. The SMILES string of the molecule is O=CNC1=CC=CC(OCc2ccncc2)=CC1Cl. The van der Waals surface area contributed by atoms with Gasteiger partial charge in [0.2, 0.25) is 6.41 Å². The molecule has 0 bridgehead atoms. The van der Waals surface area contributed by atoms with Crippen molar-refractivity contribution in [3.63, 3.8) is 0 Å². The van der Waals surface area contributed by atoms with Gasteiger partial charge in [0.25, 0.3) is 0 Å². The van der Waals surface area contributed by atoms with Crippen LogP contribution in [0.2, 0.25) is 0 Å². The average Bonchev–Trinajstić information content (AvgIpc) is 2.61. The molecule has 0 saturated heterocycles. The van der Waals surface area contributed by atoms with Gasteiger partial charge in [0.15, 0.2) is 0 Å². The van der Waals surface area contributed by atoms with Gasteiger partial charge in [-0.15, -0.1) is 11.6 Å². The van der Waals surface area contributed by atoms with Crippen molar-refractivity contribution in [1.29, 1.82) is 0 Å². The molecule has 0 radical (unpaired) electrons. The van der Waals surface area contributed by atoms with E-state index in [9.17, 15) is 4.79 Å². The monoisotopic (exact) mass is 276 g/mol. The fourth-order valence-corrected chi connectivity index (χ4v) is 1.83. The summed E-state index contributed by atoms with van der Waals surface area (Å²) in [5.41, 5.74) is 1.65. The fraction of sp³-hybridized carbons (Fsp3) is 0.143. The number of amides is 1. The quantitative estimate of drug-likeness (QED) is 0.663. The average molecular weight is 277 g/mol. The molecule has 1 atom stereocenters. The number of hydrogen-bond donors (Lipinski definition) is 1. The predicted molar refractivity (Wildman–Crippen MR) is 73.2 cm³/mol. The zero-order chi connectivity index (χ0) is 13.5. The third kappa shape index (κ3) is 3.96. The molecule has 5 heteroatoms. The number of nitrogens with zero attached hydrogens (tertiary/aromatic N) is 1. The van der Waals surface area contributed by atoms with Gasteiger partial charge in [0, 0.05) is 18.1 Å². The Bertz CT molecular complexity index is 524. The van der Waals surface area contributed by atoms with Gasteiger partial charge >= 0.3 is 0 Å². The molecule has 1 aliphatic rings.